The Bertz CT molecular complexity index is 692. The largest absolute Gasteiger partial charge is 0.514 e. The highest BCUT2D eigenvalue weighted by atomic mass is 16.7. The highest BCUT2D eigenvalue weighted by molar-refractivity contribution is 5.97. The highest BCUT2D eigenvalue weighted by Crippen LogP contribution is 2.41. The number of rotatable bonds is 4. The predicted octanol–water partition coefficient (Wildman–Crippen LogP) is 2.96. The smallest absolute Gasteiger partial charge is 0.504 e. The summed E-state index contributed by atoms with van der Waals surface area (Å²) in [6.45, 7) is 3.42. The van der Waals surface area contributed by atoms with E-state index in [0.29, 0.717) is 16.5 Å². The number of hydrogen-bond donors (Lipinski definition) is 2. The van der Waals surface area contributed by atoms with Gasteiger partial charge in [-0.3, -0.25) is 0 Å². The predicted molar refractivity (Wildman–Crippen MR) is 76.0 cm³/mol. The Hall–Kier alpha value is -2.89. The van der Waals surface area contributed by atoms with Crippen molar-refractivity contribution in [2.24, 2.45) is 0 Å². The summed E-state index contributed by atoms with van der Waals surface area (Å²) in [6.07, 6.45) is 0.468. The van der Waals surface area contributed by atoms with Crippen LogP contribution in [-0.4, -0.2) is 30.1 Å². The molecule has 2 aromatic carbocycles. The van der Waals surface area contributed by atoms with Crippen molar-refractivity contribution in [3.05, 3.63) is 36.9 Å². The van der Waals surface area contributed by atoms with E-state index in [1.807, 2.05) is 0 Å². The first-order valence-electron chi connectivity index (χ1n) is 6.05. The van der Waals surface area contributed by atoms with Gasteiger partial charge in [0.25, 0.3) is 0 Å². The van der Waals surface area contributed by atoms with E-state index in [2.05, 4.69) is 6.58 Å². The number of ether oxygens (including phenoxy) is 3. The second kappa shape index (κ2) is 6.04. The van der Waals surface area contributed by atoms with Crippen molar-refractivity contribution >= 4 is 16.9 Å². The lowest BCUT2D eigenvalue weighted by atomic mass is 10.1. The lowest BCUT2D eigenvalue weighted by Gasteiger charge is -2.11. The van der Waals surface area contributed by atoms with Gasteiger partial charge < -0.3 is 24.4 Å². The molecular weight excluding hydrogens is 276 g/mol. The summed E-state index contributed by atoms with van der Waals surface area (Å²) in [7, 11) is 1.48. The van der Waals surface area contributed by atoms with Crippen molar-refractivity contribution in [2.75, 3.05) is 13.7 Å². The summed E-state index contributed by atoms with van der Waals surface area (Å²) < 4.78 is 14.8. The van der Waals surface area contributed by atoms with E-state index >= 15 is 0 Å². The van der Waals surface area contributed by atoms with Crippen molar-refractivity contribution in [1.29, 1.82) is 0 Å². The fourth-order valence-corrected chi connectivity index (χ4v) is 1.80. The summed E-state index contributed by atoms with van der Waals surface area (Å²) in [4.78, 5) is 11.5. The van der Waals surface area contributed by atoms with Gasteiger partial charge in [0, 0.05) is 16.8 Å². The molecular formula is C15H14O6. The number of phenolic OH excluding ortho intramolecular Hbond substituents is 2. The van der Waals surface area contributed by atoms with Crippen molar-refractivity contribution in [1.82, 2.24) is 0 Å². The van der Waals surface area contributed by atoms with E-state index in [1.54, 1.807) is 12.1 Å². The summed E-state index contributed by atoms with van der Waals surface area (Å²) in [6, 6.07) is 5.90. The zero-order valence-electron chi connectivity index (χ0n) is 11.3. The van der Waals surface area contributed by atoms with E-state index in [4.69, 9.17) is 14.2 Å². The number of benzene rings is 2. The third kappa shape index (κ3) is 3.00. The zero-order valence-corrected chi connectivity index (χ0v) is 11.3. The lowest BCUT2D eigenvalue weighted by Crippen LogP contribution is -2.10. The van der Waals surface area contributed by atoms with Crippen LogP contribution < -0.4 is 9.47 Å². The second-order valence-electron chi connectivity index (χ2n) is 4.11. The first-order valence-corrected chi connectivity index (χ1v) is 6.05. The molecule has 110 valence electrons. The topological polar surface area (TPSA) is 85.2 Å². The maximum absolute atomic E-state index is 11.5. The van der Waals surface area contributed by atoms with Gasteiger partial charge in [-0.1, -0.05) is 12.7 Å². The van der Waals surface area contributed by atoms with Crippen LogP contribution in [0.2, 0.25) is 0 Å². The molecule has 2 aromatic rings. The Morgan fingerprint density at radius 1 is 1.29 bits per heavy atom. The molecule has 0 aliphatic carbocycles. The molecule has 21 heavy (non-hydrogen) atoms. The third-order valence-corrected chi connectivity index (χ3v) is 2.77. The fraction of sp³-hybridized carbons (Fsp3) is 0.133. The molecule has 0 aliphatic heterocycles. The molecule has 0 fully saturated rings. The molecule has 0 saturated carbocycles. The van der Waals surface area contributed by atoms with E-state index in [-0.39, 0.29) is 18.1 Å². The van der Waals surface area contributed by atoms with Gasteiger partial charge >= 0.3 is 6.16 Å². The lowest BCUT2D eigenvalue weighted by molar-refractivity contribution is 0.110. The van der Waals surface area contributed by atoms with Gasteiger partial charge in [-0.15, -0.1) is 0 Å². The van der Waals surface area contributed by atoms with Crippen LogP contribution in [-0.2, 0) is 4.74 Å². The van der Waals surface area contributed by atoms with Gasteiger partial charge in [-0.2, -0.15) is 0 Å². The molecule has 0 aromatic heterocycles. The molecule has 0 saturated heterocycles. The quantitative estimate of drug-likeness (QED) is 0.390. The average Bonchev–Trinajstić information content (AvgIpc) is 2.49. The van der Waals surface area contributed by atoms with Crippen LogP contribution in [0.1, 0.15) is 0 Å². The minimum atomic E-state index is -0.933. The maximum Gasteiger partial charge on any atom is 0.514 e. The molecule has 0 radical (unpaired) electrons. The molecule has 0 atom stereocenters. The number of phenols is 2. The van der Waals surface area contributed by atoms with Crippen LogP contribution in [0.15, 0.2) is 36.9 Å². The van der Waals surface area contributed by atoms with Crippen molar-refractivity contribution in [2.45, 2.75) is 0 Å². The molecule has 0 amide bonds. The summed E-state index contributed by atoms with van der Waals surface area (Å²) in [5.41, 5.74) is 0. The van der Waals surface area contributed by atoms with Crippen molar-refractivity contribution in [3.8, 4) is 23.0 Å². The van der Waals surface area contributed by atoms with E-state index < -0.39 is 11.9 Å². The standard InChI is InChI=1S/C15H14O6/c1-3-6-20-15(18)21-13-8-12(16)14(17)11-7-9(19-2)4-5-10(11)13/h3-5,7-8,16-17H,1,6H2,2H3. The van der Waals surface area contributed by atoms with Crippen LogP contribution in [0, 0.1) is 0 Å². The number of methoxy groups -OCH3 is 1. The molecule has 0 spiro atoms. The van der Waals surface area contributed by atoms with E-state index in [0.717, 1.165) is 6.07 Å². The Morgan fingerprint density at radius 2 is 2.05 bits per heavy atom. The van der Waals surface area contributed by atoms with Crippen LogP contribution >= 0.6 is 0 Å². The number of carbonyl (C=O) groups excluding carboxylic acids is 1. The first-order chi connectivity index (χ1) is 10.1. The Kier molecular flexibility index (Phi) is 4.18. The Balaban J connectivity index is 2.46. The maximum atomic E-state index is 11.5. The SMILES string of the molecule is C=CCOC(=O)Oc1cc(O)c(O)c2cc(OC)ccc12. The van der Waals surface area contributed by atoms with Gasteiger partial charge in [0.1, 0.15) is 18.1 Å². The second-order valence-corrected chi connectivity index (χ2v) is 4.11. The van der Waals surface area contributed by atoms with Gasteiger partial charge in [-0.05, 0) is 18.2 Å². The van der Waals surface area contributed by atoms with Gasteiger partial charge in [0.15, 0.2) is 11.5 Å². The first kappa shape index (κ1) is 14.5. The van der Waals surface area contributed by atoms with Crippen LogP contribution in [0.5, 0.6) is 23.0 Å². The van der Waals surface area contributed by atoms with Crippen LogP contribution in [0.3, 0.4) is 0 Å². The number of carbonyl (C=O) groups is 1. The highest BCUT2D eigenvalue weighted by Gasteiger charge is 2.15. The van der Waals surface area contributed by atoms with Gasteiger partial charge in [0.05, 0.1) is 7.11 Å². The number of hydrogen-bond acceptors (Lipinski definition) is 6. The molecule has 6 heteroatoms. The average molecular weight is 290 g/mol. The van der Waals surface area contributed by atoms with E-state index in [1.165, 1.54) is 19.3 Å². The summed E-state index contributed by atoms with van der Waals surface area (Å²) in [5, 5.41) is 20.3. The molecule has 0 heterocycles. The Morgan fingerprint density at radius 3 is 2.71 bits per heavy atom. The molecule has 2 N–H and O–H groups in total. The van der Waals surface area contributed by atoms with Crippen molar-refractivity contribution in [3.63, 3.8) is 0 Å². The molecule has 0 aliphatic rings. The zero-order chi connectivity index (χ0) is 15.4. The number of aromatic hydroxyl groups is 2. The van der Waals surface area contributed by atoms with Crippen LogP contribution in [0.25, 0.3) is 10.8 Å². The fourth-order valence-electron chi connectivity index (χ4n) is 1.80. The molecule has 6 nitrogen and oxygen atoms in total. The Labute approximate surface area is 120 Å². The van der Waals surface area contributed by atoms with Crippen LogP contribution in [0.4, 0.5) is 4.79 Å². The minimum absolute atomic E-state index is 0.00859. The van der Waals surface area contributed by atoms with Crippen molar-refractivity contribution < 1.29 is 29.2 Å². The monoisotopic (exact) mass is 290 g/mol. The molecule has 2 rings (SSSR count). The van der Waals surface area contributed by atoms with Gasteiger partial charge in [-0.25, -0.2) is 4.79 Å². The summed E-state index contributed by atoms with van der Waals surface area (Å²) in [5.74, 6) is -0.182. The summed E-state index contributed by atoms with van der Waals surface area (Å²) >= 11 is 0. The molecule has 0 bridgehead atoms. The van der Waals surface area contributed by atoms with Gasteiger partial charge in [0.2, 0.25) is 0 Å². The molecule has 0 unspecified atom stereocenters. The third-order valence-electron chi connectivity index (χ3n) is 2.77. The van der Waals surface area contributed by atoms with E-state index in [9.17, 15) is 15.0 Å². The number of fused-ring (bicyclic) bond motifs is 1. The normalized spacial score (nSPS) is 10.1. The minimum Gasteiger partial charge on any atom is -0.504 e.